The highest BCUT2D eigenvalue weighted by Crippen LogP contribution is 2.38. The van der Waals surface area contributed by atoms with Crippen molar-refractivity contribution in [3.05, 3.63) is 64.5 Å². The van der Waals surface area contributed by atoms with Gasteiger partial charge in [-0.15, -0.1) is 0 Å². The summed E-state index contributed by atoms with van der Waals surface area (Å²) in [5.74, 6) is 0.0389. The van der Waals surface area contributed by atoms with E-state index in [4.69, 9.17) is 0 Å². The number of thiophene rings is 1. The van der Waals surface area contributed by atoms with Crippen LogP contribution in [0.2, 0.25) is 0 Å². The van der Waals surface area contributed by atoms with Gasteiger partial charge in [-0.3, -0.25) is 9.36 Å². The second kappa shape index (κ2) is 5.06. The molecule has 1 unspecified atom stereocenters. The number of hydrogen-bond donors (Lipinski definition) is 1. The summed E-state index contributed by atoms with van der Waals surface area (Å²) in [4.78, 5) is 16.5. The largest absolute Gasteiger partial charge is 0.310 e. The molecule has 3 heterocycles. The van der Waals surface area contributed by atoms with Gasteiger partial charge < -0.3 is 5.32 Å². The number of halogens is 1. The Kier molecular flexibility index (Phi) is 3.04. The first-order valence-corrected chi connectivity index (χ1v) is 7.82. The Hall–Kier alpha value is -2.47. The minimum absolute atomic E-state index is 0.0805. The minimum atomic E-state index is -0.352. The molecule has 0 radical (unpaired) electrons. The number of rotatable bonds is 2. The molecule has 0 fully saturated rings. The van der Waals surface area contributed by atoms with Crippen LogP contribution in [0.1, 0.15) is 23.6 Å². The number of benzene rings is 1. The monoisotopic (exact) mass is 313 g/mol. The average molecular weight is 313 g/mol. The number of nitrogens with zero attached hydrogens (tertiary/aromatic N) is 2. The summed E-state index contributed by atoms with van der Waals surface area (Å²) in [6.07, 6.45) is 1.92. The van der Waals surface area contributed by atoms with Crippen molar-refractivity contribution in [2.24, 2.45) is 0 Å². The summed E-state index contributed by atoms with van der Waals surface area (Å²) >= 11 is 1.59. The van der Waals surface area contributed by atoms with Crippen LogP contribution in [0, 0.1) is 5.82 Å². The van der Waals surface area contributed by atoms with Crippen LogP contribution < -0.4 is 5.32 Å². The fourth-order valence-electron chi connectivity index (χ4n) is 2.79. The van der Waals surface area contributed by atoms with Crippen molar-refractivity contribution < 1.29 is 9.18 Å². The topological polar surface area (TPSA) is 46.9 Å². The molecule has 1 amide bonds. The highest BCUT2D eigenvalue weighted by atomic mass is 32.1. The van der Waals surface area contributed by atoms with Crippen molar-refractivity contribution in [2.75, 3.05) is 5.32 Å². The molecule has 4 nitrogen and oxygen atoms in total. The zero-order valence-electron chi connectivity index (χ0n) is 11.5. The number of aromatic nitrogens is 2. The van der Waals surface area contributed by atoms with Crippen molar-refractivity contribution in [2.45, 2.75) is 12.3 Å². The van der Waals surface area contributed by atoms with Crippen LogP contribution in [-0.4, -0.2) is 15.5 Å². The lowest BCUT2D eigenvalue weighted by atomic mass is 9.92. The van der Waals surface area contributed by atoms with Crippen molar-refractivity contribution in [3.8, 4) is 5.69 Å². The number of imidazole rings is 1. The van der Waals surface area contributed by atoms with Gasteiger partial charge in [0.2, 0.25) is 5.91 Å². The van der Waals surface area contributed by atoms with E-state index < -0.39 is 0 Å². The molecule has 6 heteroatoms. The van der Waals surface area contributed by atoms with Gasteiger partial charge in [0.05, 0.1) is 11.4 Å². The van der Waals surface area contributed by atoms with Gasteiger partial charge in [0.25, 0.3) is 0 Å². The molecule has 0 saturated carbocycles. The van der Waals surface area contributed by atoms with E-state index in [1.807, 2.05) is 16.8 Å². The maximum absolute atomic E-state index is 14.0. The SMILES string of the molecule is O=C1CC(c2ccsc2)c2ncn(-c3ccccc3F)c2N1. The van der Waals surface area contributed by atoms with Gasteiger partial charge in [-0.25, -0.2) is 9.37 Å². The molecule has 2 aromatic heterocycles. The third-order valence-electron chi connectivity index (χ3n) is 3.83. The fraction of sp³-hybridized carbons (Fsp3) is 0.125. The predicted octanol–water partition coefficient (Wildman–Crippen LogP) is 3.55. The van der Waals surface area contributed by atoms with Gasteiger partial charge in [-0.2, -0.15) is 11.3 Å². The second-order valence-corrected chi connectivity index (χ2v) is 5.94. The number of carbonyl (C=O) groups is 1. The summed E-state index contributed by atoms with van der Waals surface area (Å²) in [5, 5.41) is 6.83. The van der Waals surface area contributed by atoms with Crippen LogP contribution in [-0.2, 0) is 4.79 Å². The van der Waals surface area contributed by atoms with Crippen molar-refractivity contribution in [1.29, 1.82) is 0 Å². The van der Waals surface area contributed by atoms with Gasteiger partial charge in [-0.1, -0.05) is 12.1 Å². The van der Waals surface area contributed by atoms with Gasteiger partial charge in [0.1, 0.15) is 18.0 Å². The standard InChI is InChI=1S/C16H12FN3OS/c17-12-3-1-2-4-13(12)20-9-18-15-11(10-5-6-22-8-10)7-14(21)19-16(15)20/h1-6,8-9,11H,7H2,(H,19,21). The highest BCUT2D eigenvalue weighted by molar-refractivity contribution is 7.08. The number of fused-ring (bicyclic) bond motifs is 1. The van der Waals surface area contributed by atoms with Gasteiger partial charge >= 0.3 is 0 Å². The van der Waals surface area contributed by atoms with Crippen LogP contribution in [0.15, 0.2) is 47.4 Å². The smallest absolute Gasteiger partial charge is 0.226 e. The molecular formula is C16H12FN3OS. The van der Waals surface area contributed by atoms with E-state index in [-0.39, 0.29) is 17.6 Å². The van der Waals surface area contributed by atoms with Crippen molar-refractivity contribution in [1.82, 2.24) is 9.55 Å². The molecule has 0 spiro atoms. The van der Waals surface area contributed by atoms with Crippen LogP contribution in [0.5, 0.6) is 0 Å². The highest BCUT2D eigenvalue weighted by Gasteiger charge is 2.31. The number of nitrogens with one attached hydrogen (secondary N) is 1. The number of hydrogen-bond acceptors (Lipinski definition) is 3. The van der Waals surface area contributed by atoms with Crippen LogP contribution in [0.4, 0.5) is 10.2 Å². The van der Waals surface area contributed by atoms with Crippen molar-refractivity contribution >= 4 is 23.1 Å². The number of anilines is 1. The first kappa shape index (κ1) is 13.2. The Labute approximate surface area is 130 Å². The van der Waals surface area contributed by atoms with E-state index in [9.17, 15) is 9.18 Å². The summed E-state index contributed by atoms with van der Waals surface area (Å²) in [5.41, 5.74) is 2.23. The van der Waals surface area contributed by atoms with E-state index in [0.29, 0.717) is 17.9 Å². The average Bonchev–Trinajstić information content (AvgIpc) is 3.16. The van der Waals surface area contributed by atoms with Crippen molar-refractivity contribution in [3.63, 3.8) is 0 Å². The molecule has 0 aliphatic carbocycles. The lowest BCUT2D eigenvalue weighted by molar-refractivity contribution is -0.116. The molecule has 3 aromatic rings. The van der Waals surface area contributed by atoms with Gasteiger partial charge in [0, 0.05) is 12.3 Å². The fourth-order valence-corrected chi connectivity index (χ4v) is 3.50. The Balaban J connectivity index is 1.86. The molecule has 0 saturated heterocycles. The molecule has 110 valence electrons. The third kappa shape index (κ3) is 2.03. The van der Waals surface area contributed by atoms with Crippen LogP contribution >= 0.6 is 11.3 Å². The number of para-hydroxylation sites is 1. The van der Waals surface area contributed by atoms with Crippen LogP contribution in [0.3, 0.4) is 0 Å². The third-order valence-corrected chi connectivity index (χ3v) is 4.53. The predicted molar refractivity (Wildman–Crippen MR) is 82.9 cm³/mol. The molecule has 1 atom stereocenters. The number of amides is 1. The van der Waals surface area contributed by atoms with E-state index in [1.165, 1.54) is 6.07 Å². The molecule has 1 N–H and O–H groups in total. The quantitative estimate of drug-likeness (QED) is 0.786. The van der Waals surface area contributed by atoms with E-state index >= 15 is 0 Å². The van der Waals surface area contributed by atoms with E-state index in [0.717, 1.165) is 11.3 Å². The molecule has 1 aliphatic rings. The Morgan fingerprint density at radius 3 is 2.95 bits per heavy atom. The molecule has 1 aliphatic heterocycles. The maximum atomic E-state index is 14.0. The Morgan fingerprint density at radius 2 is 2.18 bits per heavy atom. The normalized spacial score (nSPS) is 17.1. The lowest BCUT2D eigenvalue weighted by Gasteiger charge is -2.22. The summed E-state index contributed by atoms with van der Waals surface area (Å²) < 4.78 is 15.6. The summed E-state index contributed by atoms with van der Waals surface area (Å²) in [6, 6.07) is 8.45. The lowest BCUT2D eigenvalue weighted by Crippen LogP contribution is -2.24. The first-order chi connectivity index (χ1) is 10.7. The zero-order chi connectivity index (χ0) is 15.1. The molecule has 4 rings (SSSR count). The first-order valence-electron chi connectivity index (χ1n) is 6.88. The Morgan fingerprint density at radius 1 is 1.32 bits per heavy atom. The minimum Gasteiger partial charge on any atom is -0.310 e. The van der Waals surface area contributed by atoms with Gasteiger partial charge in [0.15, 0.2) is 0 Å². The summed E-state index contributed by atoms with van der Waals surface area (Å²) in [6.45, 7) is 0. The zero-order valence-corrected chi connectivity index (χ0v) is 12.3. The molecular weight excluding hydrogens is 301 g/mol. The molecule has 22 heavy (non-hydrogen) atoms. The maximum Gasteiger partial charge on any atom is 0.226 e. The van der Waals surface area contributed by atoms with E-state index in [1.54, 1.807) is 40.4 Å². The molecule has 0 bridgehead atoms. The number of carbonyl (C=O) groups excluding carboxylic acids is 1. The summed E-state index contributed by atoms with van der Waals surface area (Å²) in [7, 11) is 0. The Bertz CT molecular complexity index is 841. The van der Waals surface area contributed by atoms with Crippen LogP contribution in [0.25, 0.3) is 5.69 Å². The molecule has 1 aromatic carbocycles. The van der Waals surface area contributed by atoms with Gasteiger partial charge in [-0.05, 0) is 34.5 Å². The second-order valence-electron chi connectivity index (χ2n) is 5.16. The van der Waals surface area contributed by atoms with E-state index in [2.05, 4.69) is 10.3 Å².